The van der Waals surface area contributed by atoms with Gasteiger partial charge in [0.2, 0.25) is 0 Å². The highest BCUT2D eigenvalue weighted by molar-refractivity contribution is 7.93. The number of hydrogen-bond acceptors (Lipinski definition) is 4. The number of carbonyl (C=O) groups is 2. The summed E-state index contributed by atoms with van der Waals surface area (Å²) in [5, 5.41) is 0. The number of carbonyl (C=O) groups excluding carboxylic acids is 3. The first-order valence-electron chi connectivity index (χ1n) is 11.1. The van der Waals surface area contributed by atoms with Crippen molar-refractivity contribution in [3.05, 3.63) is 63.7 Å². The number of hydrogen-bond donors (Lipinski definition) is 1. The van der Waals surface area contributed by atoms with Crippen LogP contribution in [-0.2, 0) is 32.5 Å². The maximum atomic E-state index is 13.5. The molecule has 35 heavy (non-hydrogen) atoms. The molecule has 2 amide bonds. The molecule has 1 N–H and O–H groups in total. The molecule has 0 bridgehead atoms. The van der Waals surface area contributed by atoms with Crippen LogP contribution in [0.4, 0.5) is 8.78 Å². The zero-order valence-electron chi connectivity index (χ0n) is 20.2. The van der Waals surface area contributed by atoms with Crippen molar-refractivity contribution in [1.82, 2.24) is 4.72 Å². The summed E-state index contributed by atoms with van der Waals surface area (Å²) in [6, 6.07) is 7.37. The summed E-state index contributed by atoms with van der Waals surface area (Å²) in [6.45, 7) is 7.61. The van der Waals surface area contributed by atoms with Crippen LogP contribution < -0.4 is 4.72 Å². The van der Waals surface area contributed by atoms with Gasteiger partial charge in [0.25, 0.3) is 18.2 Å². The second-order valence-electron chi connectivity index (χ2n) is 9.18. The van der Waals surface area contributed by atoms with Crippen LogP contribution in [0.1, 0.15) is 84.1 Å². The molecule has 0 aliphatic carbocycles. The third-order valence-corrected chi connectivity index (χ3v) is 7.66. The summed E-state index contributed by atoms with van der Waals surface area (Å²) in [5.74, 6) is -1.62. The second kappa shape index (κ2) is 10.2. The Labute approximate surface area is 203 Å². The number of isocyanates is 1. The van der Waals surface area contributed by atoms with E-state index in [1.54, 1.807) is 12.1 Å². The molecule has 2 aromatic carbocycles. The summed E-state index contributed by atoms with van der Waals surface area (Å²) in [4.78, 5) is 36.4. The Hall–Kier alpha value is -3.23. The van der Waals surface area contributed by atoms with Crippen molar-refractivity contribution in [1.29, 1.82) is 0 Å². The predicted molar refractivity (Wildman–Crippen MR) is 127 cm³/mol. The Morgan fingerprint density at radius 1 is 1.11 bits per heavy atom. The SMILES string of the molecule is CC(C)c1cc(C(F)F)cc(C(C)C)c1CC(=O)N=S1(=O)NC(=O)c2cc(C[N+](C)=C=O)ccc21. The van der Waals surface area contributed by atoms with Crippen molar-refractivity contribution in [2.24, 2.45) is 4.36 Å². The molecule has 0 spiro atoms. The average Bonchev–Trinajstić information content (AvgIpc) is 3.01. The highest BCUT2D eigenvalue weighted by Gasteiger charge is 2.33. The van der Waals surface area contributed by atoms with Gasteiger partial charge < -0.3 is 0 Å². The largest absolute Gasteiger partial charge is 0.424 e. The van der Waals surface area contributed by atoms with E-state index in [1.165, 1.54) is 35.9 Å². The molecule has 186 valence electrons. The monoisotopic (exact) mass is 504 g/mol. The van der Waals surface area contributed by atoms with E-state index in [-0.39, 0.29) is 40.8 Å². The smallest absolute Gasteiger partial charge is 0.272 e. The Kier molecular flexibility index (Phi) is 7.67. The molecule has 0 saturated heterocycles. The Balaban J connectivity index is 2.03. The molecule has 10 heteroatoms. The molecule has 1 unspecified atom stereocenters. The standard InChI is InChI=1S/C25H27F2N3O4S/c1-14(2)18-9-17(24(26)27)10-19(15(3)4)20(18)11-23(32)28-35(34)22-7-6-16(12-30(5)13-31)8-21(22)25(33)29-35/h6-10,14-15,24H,11-12H2,1-5H3/p+1. The first-order chi connectivity index (χ1) is 16.4. The normalized spacial score (nSPS) is 16.9. The van der Waals surface area contributed by atoms with Gasteiger partial charge in [-0.1, -0.05) is 33.8 Å². The molecule has 0 radical (unpaired) electrons. The van der Waals surface area contributed by atoms with E-state index in [2.05, 4.69) is 9.08 Å². The first kappa shape index (κ1) is 26.4. The lowest BCUT2D eigenvalue weighted by Gasteiger charge is -2.21. The van der Waals surface area contributed by atoms with E-state index in [9.17, 15) is 27.4 Å². The molecule has 7 nitrogen and oxygen atoms in total. The summed E-state index contributed by atoms with van der Waals surface area (Å²) < 4.78 is 47.9. The number of fused-ring (bicyclic) bond motifs is 1. The second-order valence-corrected chi connectivity index (χ2v) is 11.1. The first-order valence-corrected chi connectivity index (χ1v) is 12.7. The van der Waals surface area contributed by atoms with Crippen molar-refractivity contribution < 1.29 is 31.9 Å². The third kappa shape index (κ3) is 5.55. The maximum Gasteiger partial charge on any atom is 0.424 e. The van der Waals surface area contributed by atoms with Gasteiger partial charge in [0.05, 0.1) is 16.9 Å². The Bertz CT molecular complexity index is 1340. The van der Waals surface area contributed by atoms with Crippen LogP contribution >= 0.6 is 0 Å². The number of nitrogens with one attached hydrogen (secondary N) is 1. The average molecular weight is 505 g/mol. The summed E-state index contributed by atoms with van der Waals surface area (Å²) in [5.41, 5.74) is 2.45. The number of rotatable bonds is 7. The van der Waals surface area contributed by atoms with E-state index in [0.29, 0.717) is 22.3 Å². The number of nitrogens with zero attached hydrogens (tertiary/aromatic N) is 2. The summed E-state index contributed by atoms with van der Waals surface area (Å²) in [7, 11) is -2.03. The molecular weight excluding hydrogens is 476 g/mol. The molecule has 1 aliphatic rings. The molecule has 1 atom stereocenters. The van der Waals surface area contributed by atoms with E-state index >= 15 is 0 Å². The van der Waals surface area contributed by atoms with Gasteiger partial charge in [-0.2, -0.15) is 9.37 Å². The minimum absolute atomic E-state index is 0.0959. The topological polar surface area (TPSA) is 95.7 Å². The van der Waals surface area contributed by atoms with E-state index in [4.69, 9.17) is 0 Å². The molecule has 0 aromatic heterocycles. The van der Waals surface area contributed by atoms with E-state index in [0.717, 1.165) is 0 Å². The van der Waals surface area contributed by atoms with Gasteiger partial charge in [-0.15, -0.1) is 4.36 Å². The minimum atomic E-state index is -3.56. The molecule has 1 aliphatic heterocycles. The van der Waals surface area contributed by atoms with Crippen LogP contribution in [0.15, 0.2) is 39.6 Å². The quantitative estimate of drug-likeness (QED) is 0.339. The van der Waals surface area contributed by atoms with Gasteiger partial charge in [-0.05, 0) is 52.8 Å². The molecule has 0 saturated carbocycles. The fourth-order valence-corrected chi connectivity index (χ4v) is 5.81. The van der Waals surface area contributed by atoms with Crippen LogP contribution in [0.2, 0.25) is 0 Å². The van der Waals surface area contributed by atoms with Crippen LogP contribution in [0.5, 0.6) is 0 Å². The number of benzene rings is 2. The van der Waals surface area contributed by atoms with Gasteiger partial charge in [0, 0.05) is 11.1 Å². The zero-order valence-corrected chi connectivity index (χ0v) is 21.0. The summed E-state index contributed by atoms with van der Waals surface area (Å²) >= 11 is 0. The van der Waals surface area contributed by atoms with Crippen LogP contribution in [0.25, 0.3) is 0 Å². The maximum absolute atomic E-state index is 13.5. The predicted octanol–water partition coefficient (Wildman–Crippen LogP) is 4.60. The van der Waals surface area contributed by atoms with Gasteiger partial charge >= 0.3 is 6.08 Å². The van der Waals surface area contributed by atoms with E-state index < -0.39 is 28.2 Å². The van der Waals surface area contributed by atoms with Gasteiger partial charge in [0.15, 0.2) is 16.5 Å². The van der Waals surface area contributed by atoms with Crippen LogP contribution in [0.3, 0.4) is 0 Å². The van der Waals surface area contributed by atoms with Gasteiger partial charge in [-0.3, -0.25) is 14.3 Å². The van der Waals surface area contributed by atoms with E-state index in [1.807, 2.05) is 27.7 Å². The van der Waals surface area contributed by atoms with Crippen molar-refractivity contribution >= 4 is 27.8 Å². The van der Waals surface area contributed by atoms with Crippen molar-refractivity contribution in [2.75, 3.05) is 7.05 Å². The Morgan fingerprint density at radius 2 is 1.71 bits per heavy atom. The van der Waals surface area contributed by atoms with Crippen LogP contribution in [-0.4, -0.2) is 33.7 Å². The van der Waals surface area contributed by atoms with Gasteiger partial charge in [-0.25, -0.2) is 13.0 Å². The number of alkyl halides is 2. The third-order valence-electron chi connectivity index (χ3n) is 5.79. The lowest BCUT2D eigenvalue weighted by Crippen LogP contribution is -2.22. The Morgan fingerprint density at radius 3 is 2.23 bits per heavy atom. The molecule has 0 fully saturated rings. The highest BCUT2D eigenvalue weighted by Crippen LogP contribution is 2.34. The lowest BCUT2D eigenvalue weighted by molar-refractivity contribution is -0.510. The number of halogens is 2. The van der Waals surface area contributed by atoms with Gasteiger partial charge in [0.1, 0.15) is 7.05 Å². The highest BCUT2D eigenvalue weighted by atomic mass is 32.2. The van der Waals surface area contributed by atoms with Crippen LogP contribution in [0, 0.1) is 0 Å². The minimum Gasteiger partial charge on any atom is -0.272 e. The molecule has 1 heterocycles. The lowest BCUT2D eigenvalue weighted by atomic mass is 9.85. The molecule has 3 rings (SSSR count). The van der Waals surface area contributed by atoms with Crippen molar-refractivity contribution in [2.45, 2.75) is 63.8 Å². The van der Waals surface area contributed by atoms with Crippen molar-refractivity contribution in [3.8, 4) is 0 Å². The fraction of sp³-hybridized carbons (Fsp3) is 0.400. The number of amides is 2. The molecular formula is C25H28F2N3O4S+. The summed E-state index contributed by atoms with van der Waals surface area (Å²) in [6.07, 6.45) is -1.16. The zero-order chi connectivity index (χ0) is 26.1. The van der Waals surface area contributed by atoms with Crippen molar-refractivity contribution in [3.63, 3.8) is 0 Å². The fourth-order valence-electron chi connectivity index (χ4n) is 4.14. The molecule has 2 aromatic rings.